The molecular weight excluding hydrogens is 332 g/mol. The van der Waals surface area contributed by atoms with Gasteiger partial charge in [0.2, 0.25) is 0 Å². The average molecular weight is 353 g/mol. The standard InChI is InChI=1S/C15H21BrN4O/c1-15(2,3)18-10-14-17-11-20(19-14)7-8-21-13-6-4-5-12(16)9-13/h4-6,9,11,18H,7-8,10H2,1-3H3. The van der Waals surface area contributed by atoms with E-state index in [1.807, 2.05) is 24.3 Å². The van der Waals surface area contributed by atoms with E-state index in [2.05, 4.69) is 52.1 Å². The Morgan fingerprint density at radius 3 is 2.86 bits per heavy atom. The van der Waals surface area contributed by atoms with Gasteiger partial charge in [0.25, 0.3) is 0 Å². The largest absolute Gasteiger partial charge is 0.492 e. The summed E-state index contributed by atoms with van der Waals surface area (Å²) in [5, 5.41) is 7.78. The summed E-state index contributed by atoms with van der Waals surface area (Å²) in [5.41, 5.74) is 0.0647. The average Bonchev–Trinajstić information content (AvgIpc) is 2.84. The normalized spacial score (nSPS) is 11.6. The van der Waals surface area contributed by atoms with E-state index in [9.17, 15) is 0 Å². The van der Waals surface area contributed by atoms with Crippen molar-refractivity contribution in [3.8, 4) is 5.75 Å². The summed E-state index contributed by atoms with van der Waals surface area (Å²) in [6, 6.07) is 7.80. The van der Waals surface area contributed by atoms with Crippen molar-refractivity contribution >= 4 is 15.9 Å². The molecule has 0 unspecified atom stereocenters. The van der Waals surface area contributed by atoms with Crippen LogP contribution in [-0.2, 0) is 13.1 Å². The number of hydrogen-bond acceptors (Lipinski definition) is 4. The maximum Gasteiger partial charge on any atom is 0.164 e. The molecule has 1 N–H and O–H groups in total. The molecule has 1 aromatic carbocycles. The van der Waals surface area contributed by atoms with Gasteiger partial charge in [-0.3, -0.25) is 0 Å². The van der Waals surface area contributed by atoms with E-state index in [1.165, 1.54) is 0 Å². The summed E-state index contributed by atoms with van der Waals surface area (Å²) in [4.78, 5) is 4.29. The summed E-state index contributed by atoms with van der Waals surface area (Å²) < 4.78 is 8.49. The van der Waals surface area contributed by atoms with Gasteiger partial charge in [-0.1, -0.05) is 22.0 Å². The topological polar surface area (TPSA) is 52.0 Å². The first-order valence-electron chi connectivity index (χ1n) is 6.94. The van der Waals surface area contributed by atoms with Crippen molar-refractivity contribution in [1.82, 2.24) is 20.1 Å². The Balaban J connectivity index is 1.78. The summed E-state index contributed by atoms with van der Waals surface area (Å²) in [7, 11) is 0. The van der Waals surface area contributed by atoms with E-state index < -0.39 is 0 Å². The molecule has 0 radical (unpaired) electrons. The van der Waals surface area contributed by atoms with Crippen LogP contribution in [0.4, 0.5) is 0 Å². The molecule has 114 valence electrons. The molecule has 0 aliphatic carbocycles. The minimum atomic E-state index is 0.0647. The molecule has 0 fully saturated rings. The number of hydrogen-bond donors (Lipinski definition) is 1. The van der Waals surface area contributed by atoms with Crippen LogP contribution in [0.5, 0.6) is 5.75 Å². The van der Waals surface area contributed by atoms with E-state index in [-0.39, 0.29) is 5.54 Å². The van der Waals surface area contributed by atoms with Crippen molar-refractivity contribution in [2.75, 3.05) is 6.61 Å². The minimum absolute atomic E-state index is 0.0647. The predicted octanol–water partition coefficient (Wildman–Crippen LogP) is 3.01. The van der Waals surface area contributed by atoms with Gasteiger partial charge >= 0.3 is 0 Å². The molecule has 6 heteroatoms. The van der Waals surface area contributed by atoms with Crippen LogP contribution in [-0.4, -0.2) is 26.9 Å². The van der Waals surface area contributed by atoms with Gasteiger partial charge in [-0.25, -0.2) is 9.67 Å². The second kappa shape index (κ2) is 7.04. The van der Waals surface area contributed by atoms with Crippen LogP contribution < -0.4 is 10.1 Å². The van der Waals surface area contributed by atoms with Crippen LogP contribution >= 0.6 is 15.9 Å². The molecule has 5 nitrogen and oxygen atoms in total. The Bertz CT molecular complexity index is 577. The van der Waals surface area contributed by atoms with Crippen LogP contribution in [0.1, 0.15) is 26.6 Å². The molecule has 0 amide bonds. The van der Waals surface area contributed by atoms with Gasteiger partial charge in [-0.15, -0.1) is 0 Å². The quantitative estimate of drug-likeness (QED) is 0.868. The van der Waals surface area contributed by atoms with Crippen molar-refractivity contribution in [3.05, 3.63) is 40.9 Å². The minimum Gasteiger partial charge on any atom is -0.492 e. The van der Waals surface area contributed by atoms with E-state index >= 15 is 0 Å². The zero-order chi connectivity index (χ0) is 15.3. The second-order valence-electron chi connectivity index (χ2n) is 5.83. The lowest BCUT2D eigenvalue weighted by atomic mass is 10.1. The van der Waals surface area contributed by atoms with Crippen molar-refractivity contribution in [1.29, 1.82) is 0 Å². The molecular formula is C15H21BrN4O. The van der Waals surface area contributed by atoms with Crippen molar-refractivity contribution in [3.63, 3.8) is 0 Å². The molecule has 21 heavy (non-hydrogen) atoms. The SMILES string of the molecule is CC(C)(C)NCc1ncn(CCOc2cccc(Br)c2)n1. The Kier molecular flexibility index (Phi) is 5.36. The Labute approximate surface area is 133 Å². The first-order chi connectivity index (χ1) is 9.92. The van der Waals surface area contributed by atoms with Gasteiger partial charge in [-0.05, 0) is 39.0 Å². The summed E-state index contributed by atoms with van der Waals surface area (Å²) in [5.74, 6) is 1.64. The maximum absolute atomic E-state index is 5.68. The van der Waals surface area contributed by atoms with E-state index in [0.29, 0.717) is 19.7 Å². The number of aromatic nitrogens is 3. The third kappa shape index (κ3) is 5.85. The van der Waals surface area contributed by atoms with Crippen LogP contribution in [0, 0.1) is 0 Å². The highest BCUT2D eigenvalue weighted by atomic mass is 79.9. The zero-order valence-corrected chi connectivity index (χ0v) is 14.2. The third-order valence-electron chi connectivity index (χ3n) is 2.75. The van der Waals surface area contributed by atoms with Gasteiger partial charge in [0, 0.05) is 10.0 Å². The van der Waals surface area contributed by atoms with Gasteiger partial charge in [-0.2, -0.15) is 5.10 Å². The Morgan fingerprint density at radius 2 is 2.14 bits per heavy atom. The highest BCUT2D eigenvalue weighted by molar-refractivity contribution is 9.10. The van der Waals surface area contributed by atoms with Crippen LogP contribution in [0.15, 0.2) is 35.1 Å². The summed E-state index contributed by atoms with van der Waals surface area (Å²) in [6.07, 6.45) is 1.74. The molecule has 1 heterocycles. The number of benzene rings is 1. The first kappa shape index (κ1) is 16.0. The zero-order valence-electron chi connectivity index (χ0n) is 12.6. The summed E-state index contributed by atoms with van der Waals surface area (Å²) >= 11 is 3.42. The van der Waals surface area contributed by atoms with Crippen LogP contribution in [0.3, 0.4) is 0 Å². The predicted molar refractivity (Wildman–Crippen MR) is 86.3 cm³/mol. The first-order valence-corrected chi connectivity index (χ1v) is 7.73. The molecule has 1 aromatic heterocycles. The van der Waals surface area contributed by atoms with Gasteiger partial charge < -0.3 is 10.1 Å². The van der Waals surface area contributed by atoms with Crippen molar-refractivity contribution in [2.45, 2.75) is 39.4 Å². The molecule has 2 rings (SSSR count). The summed E-state index contributed by atoms with van der Waals surface area (Å²) in [6.45, 7) is 8.27. The fourth-order valence-corrected chi connectivity index (χ4v) is 2.06. The van der Waals surface area contributed by atoms with E-state index in [1.54, 1.807) is 11.0 Å². The smallest absolute Gasteiger partial charge is 0.164 e. The van der Waals surface area contributed by atoms with Crippen LogP contribution in [0.2, 0.25) is 0 Å². The fourth-order valence-electron chi connectivity index (χ4n) is 1.68. The molecule has 0 saturated carbocycles. The highest BCUT2D eigenvalue weighted by Crippen LogP contribution is 2.17. The second-order valence-corrected chi connectivity index (χ2v) is 6.75. The lowest BCUT2D eigenvalue weighted by Gasteiger charge is -2.19. The third-order valence-corrected chi connectivity index (χ3v) is 3.24. The van der Waals surface area contributed by atoms with Gasteiger partial charge in [0.1, 0.15) is 18.7 Å². The maximum atomic E-state index is 5.68. The van der Waals surface area contributed by atoms with Crippen LogP contribution in [0.25, 0.3) is 0 Å². The number of ether oxygens (including phenoxy) is 1. The highest BCUT2D eigenvalue weighted by Gasteiger charge is 2.10. The van der Waals surface area contributed by atoms with Crippen molar-refractivity contribution < 1.29 is 4.74 Å². The molecule has 0 spiro atoms. The fraction of sp³-hybridized carbons (Fsp3) is 0.467. The molecule has 0 atom stereocenters. The molecule has 0 aliphatic heterocycles. The van der Waals surface area contributed by atoms with Gasteiger partial charge in [0.05, 0.1) is 13.1 Å². The molecule has 0 aliphatic rings. The Morgan fingerprint density at radius 1 is 1.33 bits per heavy atom. The number of halogens is 1. The monoisotopic (exact) mass is 352 g/mol. The number of nitrogens with one attached hydrogen (secondary N) is 1. The Hall–Kier alpha value is -1.40. The van der Waals surface area contributed by atoms with E-state index in [4.69, 9.17) is 4.74 Å². The lowest BCUT2D eigenvalue weighted by molar-refractivity contribution is 0.290. The molecule has 0 bridgehead atoms. The lowest BCUT2D eigenvalue weighted by Crippen LogP contribution is -2.35. The molecule has 0 saturated heterocycles. The van der Waals surface area contributed by atoms with Gasteiger partial charge in [0.15, 0.2) is 5.82 Å². The number of nitrogens with zero attached hydrogens (tertiary/aromatic N) is 3. The molecule has 2 aromatic rings. The van der Waals surface area contributed by atoms with Crippen molar-refractivity contribution in [2.24, 2.45) is 0 Å². The number of rotatable bonds is 6. The van der Waals surface area contributed by atoms with E-state index in [0.717, 1.165) is 16.0 Å².